The van der Waals surface area contributed by atoms with Gasteiger partial charge in [0.25, 0.3) is 0 Å². The van der Waals surface area contributed by atoms with Gasteiger partial charge in [-0.3, -0.25) is 4.79 Å². The highest BCUT2D eigenvalue weighted by molar-refractivity contribution is 8.00. The number of carbonyl (C=O) groups is 1. The summed E-state index contributed by atoms with van der Waals surface area (Å²) >= 11 is 1.66. The van der Waals surface area contributed by atoms with Crippen LogP contribution in [-0.2, 0) is 9.53 Å². The Kier molecular flexibility index (Phi) is 4.93. The maximum absolute atomic E-state index is 12.0. The van der Waals surface area contributed by atoms with Crippen LogP contribution in [0.2, 0.25) is 0 Å². The maximum Gasteiger partial charge on any atom is 0.233 e. The first-order valence-electron chi connectivity index (χ1n) is 7.45. The largest absolute Gasteiger partial charge is 0.497 e. The molecule has 3 rings (SSSR count). The maximum atomic E-state index is 12.0. The van der Waals surface area contributed by atoms with Gasteiger partial charge in [0, 0.05) is 37.3 Å². The van der Waals surface area contributed by atoms with Gasteiger partial charge in [0.05, 0.1) is 19.5 Å². The minimum absolute atomic E-state index is 0.0668. The first-order chi connectivity index (χ1) is 11.2. The van der Waals surface area contributed by atoms with Crippen molar-refractivity contribution in [2.45, 2.75) is 5.37 Å². The third-order valence-corrected chi connectivity index (χ3v) is 5.13. The van der Waals surface area contributed by atoms with E-state index < -0.39 is 0 Å². The SMILES string of the molecule is COCCN1C(=O)CSC1c1ccn(-c2ccc(OC)cc2)c1. The Morgan fingerprint density at radius 3 is 2.70 bits per heavy atom. The molecule has 1 unspecified atom stereocenters. The molecule has 0 spiro atoms. The summed E-state index contributed by atoms with van der Waals surface area (Å²) < 4.78 is 12.4. The summed E-state index contributed by atoms with van der Waals surface area (Å²) in [6, 6.07) is 9.97. The monoisotopic (exact) mass is 332 g/mol. The average Bonchev–Trinajstić information content (AvgIpc) is 3.20. The van der Waals surface area contributed by atoms with Gasteiger partial charge in [0.2, 0.25) is 5.91 Å². The Labute approximate surface area is 140 Å². The van der Waals surface area contributed by atoms with Crippen LogP contribution in [0.3, 0.4) is 0 Å². The molecular weight excluding hydrogens is 312 g/mol. The molecule has 6 heteroatoms. The van der Waals surface area contributed by atoms with Gasteiger partial charge in [0.1, 0.15) is 11.1 Å². The van der Waals surface area contributed by atoms with Crippen molar-refractivity contribution in [2.24, 2.45) is 0 Å². The van der Waals surface area contributed by atoms with E-state index in [4.69, 9.17) is 9.47 Å². The number of carbonyl (C=O) groups excluding carboxylic acids is 1. The molecule has 0 radical (unpaired) electrons. The number of hydrogen-bond acceptors (Lipinski definition) is 4. The zero-order chi connectivity index (χ0) is 16.2. The molecule has 1 saturated heterocycles. The fourth-order valence-corrected chi connectivity index (χ4v) is 3.84. The van der Waals surface area contributed by atoms with Gasteiger partial charge in [-0.2, -0.15) is 0 Å². The number of aromatic nitrogens is 1. The average molecular weight is 332 g/mol. The molecule has 0 aliphatic carbocycles. The number of ether oxygens (including phenoxy) is 2. The van der Waals surface area contributed by atoms with Gasteiger partial charge >= 0.3 is 0 Å². The predicted molar refractivity (Wildman–Crippen MR) is 91.1 cm³/mol. The van der Waals surface area contributed by atoms with E-state index in [1.807, 2.05) is 35.4 Å². The van der Waals surface area contributed by atoms with Gasteiger partial charge in [-0.1, -0.05) is 0 Å². The third-order valence-electron chi connectivity index (χ3n) is 3.88. The van der Waals surface area contributed by atoms with Crippen LogP contribution in [0, 0.1) is 0 Å². The second-order valence-electron chi connectivity index (χ2n) is 5.29. The van der Waals surface area contributed by atoms with Gasteiger partial charge in [-0.05, 0) is 30.3 Å². The topological polar surface area (TPSA) is 43.7 Å². The molecule has 0 bridgehead atoms. The van der Waals surface area contributed by atoms with E-state index in [1.165, 1.54) is 0 Å². The number of thioether (sulfide) groups is 1. The molecule has 1 aromatic carbocycles. The van der Waals surface area contributed by atoms with Crippen LogP contribution < -0.4 is 4.74 Å². The molecule has 23 heavy (non-hydrogen) atoms. The van der Waals surface area contributed by atoms with Crippen LogP contribution in [0.5, 0.6) is 5.75 Å². The van der Waals surface area contributed by atoms with E-state index in [1.54, 1.807) is 26.0 Å². The lowest BCUT2D eigenvalue weighted by atomic mass is 10.3. The van der Waals surface area contributed by atoms with Crippen molar-refractivity contribution in [3.8, 4) is 11.4 Å². The van der Waals surface area contributed by atoms with Gasteiger partial charge in [-0.25, -0.2) is 0 Å². The minimum atomic E-state index is 0.0668. The normalized spacial score (nSPS) is 17.7. The van der Waals surface area contributed by atoms with E-state index in [0.717, 1.165) is 17.0 Å². The molecule has 1 aromatic heterocycles. The predicted octanol–water partition coefficient (Wildman–Crippen LogP) is 2.71. The van der Waals surface area contributed by atoms with Crippen molar-refractivity contribution in [2.75, 3.05) is 33.1 Å². The lowest BCUT2D eigenvalue weighted by molar-refractivity contribution is -0.128. The fourth-order valence-electron chi connectivity index (χ4n) is 2.64. The highest BCUT2D eigenvalue weighted by Crippen LogP contribution is 2.38. The standard InChI is InChI=1S/C17H20N2O3S/c1-21-10-9-19-16(20)12-23-17(19)13-7-8-18(11-13)14-3-5-15(22-2)6-4-14/h3-8,11,17H,9-10,12H2,1-2H3. The fraction of sp³-hybridized carbons (Fsp3) is 0.353. The summed E-state index contributed by atoms with van der Waals surface area (Å²) in [4.78, 5) is 13.9. The van der Waals surface area contributed by atoms with E-state index in [2.05, 4.69) is 16.8 Å². The molecule has 0 saturated carbocycles. The minimum Gasteiger partial charge on any atom is -0.497 e. The van der Waals surface area contributed by atoms with Crippen LogP contribution in [0.15, 0.2) is 42.7 Å². The number of nitrogens with zero attached hydrogens (tertiary/aromatic N) is 2. The summed E-state index contributed by atoms with van der Waals surface area (Å²) in [5.74, 6) is 1.54. The summed E-state index contributed by atoms with van der Waals surface area (Å²) in [6.07, 6.45) is 4.10. The Hall–Kier alpha value is -1.92. The zero-order valence-electron chi connectivity index (χ0n) is 13.3. The first kappa shape index (κ1) is 16.0. The number of methoxy groups -OCH3 is 2. The smallest absolute Gasteiger partial charge is 0.233 e. The Bertz CT molecular complexity index is 669. The molecule has 0 N–H and O–H groups in total. The molecule has 1 aliphatic heterocycles. The second kappa shape index (κ2) is 7.10. The van der Waals surface area contributed by atoms with E-state index in [9.17, 15) is 4.79 Å². The Morgan fingerprint density at radius 1 is 1.22 bits per heavy atom. The summed E-state index contributed by atoms with van der Waals surface area (Å²) in [5, 5.41) is 0.0668. The van der Waals surface area contributed by atoms with Crippen molar-refractivity contribution in [3.05, 3.63) is 48.3 Å². The van der Waals surface area contributed by atoms with Crippen LogP contribution >= 0.6 is 11.8 Å². The molecule has 1 atom stereocenters. The van der Waals surface area contributed by atoms with Crippen molar-refractivity contribution in [1.29, 1.82) is 0 Å². The molecule has 5 nitrogen and oxygen atoms in total. The summed E-state index contributed by atoms with van der Waals surface area (Å²) in [7, 11) is 3.31. The second-order valence-corrected chi connectivity index (χ2v) is 6.36. The van der Waals surface area contributed by atoms with Crippen molar-refractivity contribution in [3.63, 3.8) is 0 Å². The van der Waals surface area contributed by atoms with Crippen LogP contribution in [0.25, 0.3) is 5.69 Å². The van der Waals surface area contributed by atoms with Crippen LogP contribution in [-0.4, -0.2) is 48.5 Å². The van der Waals surface area contributed by atoms with Gasteiger partial charge in [-0.15, -0.1) is 11.8 Å². The Morgan fingerprint density at radius 2 is 2.00 bits per heavy atom. The molecule has 1 aliphatic rings. The lowest BCUT2D eigenvalue weighted by Crippen LogP contribution is -2.31. The van der Waals surface area contributed by atoms with Crippen LogP contribution in [0.4, 0.5) is 0 Å². The summed E-state index contributed by atoms with van der Waals surface area (Å²) in [5.41, 5.74) is 2.20. The zero-order valence-corrected chi connectivity index (χ0v) is 14.1. The third kappa shape index (κ3) is 3.38. The van der Waals surface area contributed by atoms with Crippen molar-refractivity contribution < 1.29 is 14.3 Å². The molecule has 2 heterocycles. The quantitative estimate of drug-likeness (QED) is 0.816. The van der Waals surface area contributed by atoms with E-state index in [-0.39, 0.29) is 11.3 Å². The molecule has 2 aromatic rings. The number of amides is 1. The molecule has 1 fully saturated rings. The first-order valence-corrected chi connectivity index (χ1v) is 8.50. The molecule has 122 valence electrons. The van der Waals surface area contributed by atoms with E-state index in [0.29, 0.717) is 18.9 Å². The summed E-state index contributed by atoms with van der Waals surface area (Å²) in [6.45, 7) is 1.18. The van der Waals surface area contributed by atoms with Crippen molar-refractivity contribution in [1.82, 2.24) is 9.47 Å². The Balaban J connectivity index is 1.78. The highest BCUT2D eigenvalue weighted by atomic mass is 32.2. The van der Waals surface area contributed by atoms with Crippen molar-refractivity contribution >= 4 is 17.7 Å². The number of rotatable bonds is 6. The lowest BCUT2D eigenvalue weighted by Gasteiger charge is -2.22. The number of hydrogen-bond donors (Lipinski definition) is 0. The van der Waals surface area contributed by atoms with Gasteiger partial charge < -0.3 is 18.9 Å². The van der Waals surface area contributed by atoms with Gasteiger partial charge in [0.15, 0.2) is 0 Å². The molecular formula is C17H20N2O3S. The van der Waals surface area contributed by atoms with E-state index >= 15 is 0 Å². The highest BCUT2D eigenvalue weighted by Gasteiger charge is 2.32. The molecule has 1 amide bonds. The van der Waals surface area contributed by atoms with Crippen LogP contribution in [0.1, 0.15) is 10.9 Å². The number of benzene rings is 1.